The van der Waals surface area contributed by atoms with Crippen LogP contribution in [0.1, 0.15) is 17.0 Å². The molecule has 0 saturated carbocycles. The van der Waals surface area contributed by atoms with Gasteiger partial charge in [0.25, 0.3) is 0 Å². The standard InChI is InChI=1S/C18H22ClNO3/c1-21-15-6-4-13(18(10-15)23-3)8-14(11-20)12-5-7-17(22-2)16(19)9-12/h4-7,9-10,14H,8,11,20H2,1-3H3. The first-order valence-corrected chi connectivity index (χ1v) is 7.75. The molecule has 0 amide bonds. The quantitative estimate of drug-likeness (QED) is 0.839. The van der Waals surface area contributed by atoms with Gasteiger partial charge in [-0.15, -0.1) is 0 Å². The number of halogens is 1. The molecule has 0 radical (unpaired) electrons. The van der Waals surface area contributed by atoms with Crippen molar-refractivity contribution >= 4 is 11.6 Å². The summed E-state index contributed by atoms with van der Waals surface area (Å²) in [7, 11) is 4.89. The van der Waals surface area contributed by atoms with Gasteiger partial charge in [0.15, 0.2) is 0 Å². The number of rotatable bonds is 7. The Hall–Kier alpha value is -1.91. The monoisotopic (exact) mass is 335 g/mol. The van der Waals surface area contributed by atoms with Crippen LogP contribution in [0, 0.1) is 0 Å². The van der Waals surface area contributed by atoms with Gasteiger partial charge in [-0.2, -0.15) is 0 Å². The zero-order valence-corrected chi connectivity index (χ0v) is 14.4. The second-order valence-corrected chi connectivity index (χ2v) is 5.62. The lowest BCUT2D eigenvalue weighted by molar-refractivity contribution is 0.390. The molecule has 1 atom stereocenters. The van der Waals surface area contributed by atoms with Gasteiger partial charge in [0, 0.05) is 12.0 Å². The molecule has 0 fully saturated rings. The van der Waals surface area contributed by atoms with Gasteiger partial charge >= 0.3 is 0 Å². The van der Waals surface area contributed by atoms with E-state index in [1.54, 1.807) is 21.3 Å². The average Bonchev–Trinajstić information content (AvgIpc) is 2.59. The molecule has 5 heteroatoms. The lowest BCUT2D eigenvalue weighted by Gasteiger charge is -2.18. The molecule has 0 aliphatic carbocycles. The molecule has 0 aliphatic heterocycles. The highest BCUT2D eigenvalue weighted by molar-refractivity contribution is 6.32. The molecule has 0 saturated heterocycles. The Bertz CT molecular complexity index is 661. The van der Waals surface area contributed by atoms with Gasteiger partial charge in [-0.25, -0.2) is 0 Å². The molecule has 0 bridgehead atoms. The normalized spacial score (nSPS) is 11.9. The Morgan fingerprint density at radius 3 is 2.26 bits per heavy atom. The molecule has 2 rings (SSSR count). The Morgan fingerprint density at radius 1 is 0.957 bits per heavy atom. The van der Waals surface area contributed by atoms with Crippen LogP contribution in [0.5, 0.6) is 17.2 Å². The van der Waals surface area contributed by atoms with Gasteiger partial charge in [0.2, 0.25) is 0 Å². The fourth-order valence-electron chi connectivity index (χ4n) is 2.56. The fourth-order valence-corrected chi connectivity index (χ4v) is 2.83. The molecule has 23 heavy (non-hydrogen) atoms. The third-order valence-corrected chi connectivity index (χ3v) is 4.19. The van der Waals surface area contributed by atoms with Gasteiger partial charge < -0.3 is 19.9 Å². The van der Waals surface area contributed by atoms with Crippen molar-refractivity contribution in [3.05, 3.63) is 52.5 Å². The number of benzene rings is 2. The van der Waals surface area contributed by atoms with Crippen molar-refractivity contribution < 1.29 is 14.2 Å². The number of hydrogen-bond acceptors (Lipinski definition) is 4. The molecule has 1 unspecified atom stereocenters. The molecule has 0 heterocycles. The highest BCUT2D eigenvalue weighted by Gasteiger charge is 2.16. The van der Waals surface area contributed by atoms with Crippen LogP contribution in [0.15, 0.2) is 36.4 Å². The lowest BCUT2D eigenvalue weighted by Crippen LogP contribution is -2.15. The summed E-state index contributed by atoms with van der Waals surface area (Å²) >= 11 is 6.22. The van der Waals surface area contributed by atoms with E-state index in [-0.39, 0.29) is 5.92 Å². The zero-order chi connectivity index (χ0) is 16.8. The summed E-state index contributed by atoms with van der Waals surface area (Å²) in [5.41, 5.74) is 8.14. The Kier molecular flexibility index (Phi) is 6.13. The van der Waals surface area contributed by atoms with Crippen molar-refractivity contribution in [2.45, 2.75) is 12.3 Å². The van der Waals surface area contributed by atoms with Gasteiger partial charge in [-0.05, 0) is 42.3 Å². The summed E-state index contributed by atoms with van der Waals surface area (Å²) in [4.78, 5) is 0. The van der Waals surface area contributed by atoms with Crippen molar-refractivity contribution in [3.63, 3.8) is 0 Å². The van der Waals surface area contributed by atoms with Crippen LogP contribution >= 0.6 is 11.6 Å². The second-order valence-electron chi connectivity index (χ2n) is 5.21. The molecule has 4 nitrogen and oxygen atoms in total. The predicted molar refractivity (Wildman–Crippen MR) is 93.0 cm³/mol. The first kappa shape index (κ1) is 17.4. The number of hydrogen-bond donors (Lipinski definition) is 1. The van der Waals surface area contributed by atoms with E-state index in [0.29, 0.717) is 17.3 Å². The molecule has 2 aromatic rings. The van der Waals surface area contributed by atoms with Crippen LogP contribution in [0.4, 0.5) is 0 Å². The average molecular weight is 336 g/mol. The maximum absolute atomic E-state index is 6.22. The van der Waals surface area contributed by atoms with E-state index in [2.05, 4.69) is 0 Å². The molecular weight excluding hydrogens is 314 g/mol. The number of ether oxygens (including phenoxy) is 3. The molecule has 2 N–H and O–H groups in total. The topological polar surface area (TPSA) is 53.7 Å². The van der Waals surface area contributed by atoms with E-state index < -0.39 is 0 Å². The molecule has 0 aromatic heterocycles. The van der Waals surface area contributed by atoms with Gasteiger partial charge in [0.1, 0.15) is 17.2 Å². The van der Waals surface area contributed by atoms with Crippen LogP contribution in [0.25, 0.3) is 0 Å². The SMILES string of the molecule is COc1ccc(CC(CN)c2ccc(OC)c(Cl)c2)c(OC)c1. The molecule has 0 spiro atoms. The maximum atomic E-state index is 6.22. The van der Waals surface area contributed by atoms with E-state index in [1.807, 2.05) is 36.4 Å². The summed E-state index contributed by atoms with van der Waals surface area (Å²) in [6.45, 7) is 0.512. The summed E-state index contributed by atoms with van der Waals surface area (Å²) < 4.78 is 15.9. The fraction of sp³-hybridized carbons (Fsp3) is 0.333. The third-order valence-electron chi connectivity index (χ3n) is 3.89. The van der Waals surface area contributed by atoms with E-state index in [4.69, 9.17) is 31.5 Å². The highest BCUT2D eigenvalue weighted by atomic mass is 35.5. The van der Waals surface area contributed by atoms with Crippen molar-refractivity contribution in [2.75, 3.05) is 27.9 Å². The summed E-state index contributed by atoms with van der Waals surface area (Å²) in [6, 6.07) is 11.6. The summed E-state index contributed by atoms with van der Waals surface area (Å²) in [5, 5.41) is 0.588. The first-order chi connectivity index (χ1) is 11.1. The maximum Gasteiger partial charge on any atom is 0.137 e. The second kappa shape index (κ2) is 8.09. The molecular formula is C18H22ClNO3. The van der Waals surface area contributed by atoms with Crippen LogP contribution in [0.2, 0.25) is 5.02 Å². The van der Waals surface area contributed by atoms with Crippen LogP contribution < -0.4 is 19.9 Å². The van der Waals surface area contributed by atoms with E-state index >= 15 is 0 Å². The van der Waals surface area contributed by atoms with Crippen molar-refractivity contribution in [1.82, 2.24) is 0 Å². The zero-order valence-electron chi connectivity index (χ0n) is 13.6. The molecule has 124 valence electrons. The molecule has 0 aliphatic rings. The minimum atomic E-state index is 0.140. The van der Waals surface area contributed by atoms with Crippen LogP contribution in [-0.2, 0) is 6.42 Å². The third kappa shape index (κ3) is 4.09. The summed E-state index contributed by atoms with van der Waals surface area (Å²) in [5.74, 6) is 2.36. The summed E-state index contributed by atoms with van der Waals surface area (Å²) in [6.07, 6.45) is 0.756. The predicted octanol–water partition coefficient (Wildman–Crippen LogP) is 3.65. The van der Waals surface area contributed by atoms with Crippen molar-refractivity contribution in [2.24, 2.45) is 5.73 Å². The van der Waals surface area contributed by atoms with Crippen LogP contribution in [-0.4, -0.2) is 27.9 Å². The first-order valence-electron chi connectivity index (χ1n) is 7.37. The lowest BCUT2D eigenvalue weighted by atomic mass is 9.91. The van der Waals surface area contributed by atoms with Crippen LogP contribution in [0.3, 0.4) is 0 Å². The van der Waals surface area contributed by atoms with E-state index in [0.717, 1.165) is 29.0 Å². The Labute approximate surface area is 142 Å². The minimum absolute atomic E-state index is 0.140. The van der Waals surface area contributed by atoms with Gasteiger partial charge in [-0.3, -0.25) is 0 Å². The number of methoxy groups -OCH3 is 3. The minimum Gasteiger partial charge on any atom is -0.497 e. The number of nitrogens with two attached hydrogens (primary N) is 1. The Balaban J connectivity index is 2.27. The van der Waals surface area contributed by atoms with Crippen molar-refractivity contribution in [3.8, 4) is 17.2 Å². The van der Waals surface area contributed by atoms with E-state index in [1.165, 1.54) is 0 Å². The largest absolute Gasteiger partial charge is 0.497 e. The van der Waals surface area contributed by atoms with E-state index in [9.17, 15) is 0 Å². The Morgan fingerprint density at radius 2 is 1.70 bits per heavy atom. The highest BCUT2D eigenvalue weighted by Crippen LogP contribution is 2.32. The van der Waals surface area contributed by atoms with Crippen molar-refractivity contribution in [1.29, 1.82) is 0 Å². The van der Waals surface area contributed by atoms with Gasteiger partial charge in [-0.1, -0.05) is 23.7 Å². The van der Waals surface area contributed by atoms with Gasteiger partial charge in [0.05, 0.1) is 26.4 Å². The smallest absolute Gasteiger partial charge is 0.137 e. The molecule has 2 aromatic carbocycles.